The third-order valence-electron chi connectivity index (χ3n) is 3.98. The average molecular weight is 324 g/mol. The number of carbonyl (C=O) groups excluding carboxylic acids is 1. The normalized spacial score (nSPS) is 10.4. The molecule has 0 saturated heterocycles. The lowest BCUT2D eigenvalue weighted by molar-refractivity contribution is -0.137. The highest BCUT2D eigenvalue weighted by Gasteiger charge is 2.07. The van der Waals surface area contributed by atoms with Crippen molar-refractivity contribution in [2.45, 2.75) is 32.8 Å². The van der Waals surface area contributed by atoms with Gasteiger partial charge in [0.15, 0.2) is 0 Å². The number of aliphatic hydroxyl groups is 1. The zero-order valence-electron chi connectivity index (χ0n) is 14.1. The van der Waals surface area contributed by atoms with E-state index in [1.165, 1.54) is 5.56 Å². The lowest BCUT2D eigenvalue weighted by atomic mass is 9.96. The van der Waals surface area contributed by atoms with Gasteiger partial charge in [0.05, 0.1) is 13.2 Å². The number of ether oxygens (including phenoxy) is 1. The van der Waals surface area contributed by atoms with Crippen LogP contribution in [0.1, 0.15) is 30.0 Å². The molecule has 0 heterocycles. The molecule has 3 heteroatoms. The standard InChI is InChI=1S/C21H24O3/c1-3-5-16-6-8-17(9-7-16)18-10-11-20(15-22)19(14-18)12-13-24-21(23)4-2/h4,6-11,14,22H,2-3,5,12-13,15H2,1H3. The van der Waals surface area contributed by atoms with E-state index in [0.29, 0.717) is 6.42 Å². The molecular weight excluding hydrogens is 300 g/mol. The van der Waals surface area contributed by atoms with E-state index in [1.807, 2.05) is 12.1 Å². The van der Waals surface area contributed by atoms with Gasteiger partial charge in [0.25, 0.3) is 0 Å². The summed E-state index contributed by atoms with van der Waals surface area (Å²) in [4.78, 5) is 11.1. The molecule has 0 spiro atoms. The largest absolute Gasteiger partial charge is 0.462 e. The molecule has 0 aliphatic rings. The maximum absolute atomic E-state index is 11.1. The second-order valence-corrected chi connectivity index (χ2v) is 5.71. The van der Waals surface area contributed by atoms with Gasteiger partial charge in [0.1, 0.15) is 0 Å². The maximum Gasteiger partial charge on any atom is 0.330 e. The smallest absolute Gasteiger partial charge is 0.330 e. The first kappa shape index (κ1) is 18.0. The van der Waals surface area contributed by atoms with Gasteiger partial charge in [-0.3, -0.25) is 0 Å². The lowest BCUT2D eigenvalue weighted by Crippen LogP contribution is -2.06. The molecule has 0 fully saturated rings. The summed E-state index contributed by atoms with van der Waals surface area (Å²) in [6.07, 6.45) is 3.94. The molecule has 126 valence electrons. The van der Waals surface area contributed by atoms with Gasteiger partial charge in [0, 0.05) is 12.5 Å². The first-order valence-electron chi connectivity index (χ1n) is 8.29. The van der Waals surface area contributed by atoms with Crippen molar-refractivity contribution < 1.29 is 14.6 Å². The molecule has 2 aromatic carbocycles. The number of hydrogen-bond acceptors (Lipinski definition) is 3. The van der Waals surface area contributed by atoms with E-state index in [2.05, 4.69) is 43.8 Å². The highest BCUT2D eigenvalue weighted by molar-refractivity contribution is 5.81. The molecule has 3 nitrogen and oxygen atoms in total. The summed E-state index contributed by atoms with van der Waals surface area (Å²) in [7, 11) is 0. The van der Waals surface area contributed by atoms with Crippen LogP contribution in [0.2, 0.25) is 0 Å². The van der Waals surface area contributed by atoms with Crippen LogP contribution in [0, 0.1) is 0 Å². The Hall–Kier alpha value is -2.39. The van der Waals surface area contributed by atoms with Crippen LogP contribution in [0.25, 0.3) is 11.1 Å². The van der Waals surface area contributed by atoms with E-state index in [9.17, 15) is 9.90 Å². The molecule has 2 rings (SSSR count). The van der Waals surface area contributed by atoms with E-state index in [0.717, 1.165) is 41.2 Å². The zero-order chi connectivity index (χ0) is 17.4. The fourth-order valence-corrected chi connectivity index (χ4v) is 2.67. The molecule has 1 N–H and O–H groups in total. The fourth-order valence-electron chi connectivity index (χ4n) is 2.67. The lowest BCUT2D eigenvalue weighted by Gasteiger charge is -2.11. The molecule has 0 atom stereocenters. The number of esters is 1. The molecule has 0 unspecified atom stereocenters. The quantitative estimate of drug-likeness (QED) is 0.588. The number of benzene rings is 2. The second-order valence-electron chi connectivity index (χ2n) is 5.71. The molecule has 0 aliphatic carbocycles. The molecule has 0 saturated carbocycles. The molecule has 24 heavy (non-hydrogen) atoms. The van der Waals surface area contributed by atoms with Gasteiger partial charge in [-0.25, -0.2) is 4.79 Å². The molecule has 0 radical (unpaired) electrons. The van der Waals surface area contributed by atoms with Crippen molar-refractivity contribution in [2.75, 3.05) is 6.61 Å². The summed E-state index contributed by atoms with van der Waals surface area (Å²) in [5.74, 6) is -0.428. The van der Waals surface area contributed by atoms with Crippen LogP contribution in [0.15, 0.2) is 55.1 Å². The predicted octanol–water partition coefficient (Wildman–Crippen LogP) is 4.07. The van der Waals surface area contributed by atoms with E-state index in [-0.39, 0.29) is 13.2 Å². The molecule has 0 amide bonds. The van der Waals surface area contributed by atoms with Gasteiger partial charge in [-0.15, -0.1) is 0 Å². The number of rotatable bonds is 8. The number of carbonyl (C=O) groups is 1. The zero-order valence-corrected chi connectivity index (χ0v) is 14.1. The minimum Gasteiger partial charge on any atom is -0.462 e. The summed E-state index contributed by atoms with van der Waals surface area (Å²) in [6.45, 7) is 5.80. The topological polar surface area (TPSA) is 46.5 Å². The van der Waals surface area contributed by atoms with Crippen LogP contribution in [0.4, 0.5) is 0 Å². The van der Waals surface area contributed by atoms with Crippen molar-refractivity contribution in [3.8, 4) is 11.1 Å². The second kappa shape index (κ2) is 9.04. The van der Waals surface area contributed by atoms with Crippen LogP contribution < -0.4 is 0 Å². The highest BCUT2D eigenvalue weighted by Crippen LogP contribution is 2.24. The van der Waals surface area contributed by atoms with Crippen molar-refractivity contribution in [1.82, 2.24) is 0 Å². The Morgan fingerprint density at radius 2 is 1.79 bits per heavy atom. The highest BCUT2D eigenvalue weighted by atomic mass is 16.5. The van der Waals surface area contributed by atoms with Gasteiger partial charge in [-0.2, -0.15) is 0 Å². The van der Waals surface area contributed by atoms with Crippen molar-refractivity contribution in [1.29, 1.82) is 0 Å². The van der Waals surface area contributed by atoms with Crippen LogP contribution in [0.3, 0.4) is 0 Å². The summed E-state index contributed by atoms with van der Waals surface area (Å²) >= 11 is 0. The van der Waals surface area contributed by atoms with Crippen molar-refractivity contribution in [3.05, 3.63) is 71.8 Å². The van der Waals surface area contributed by atoms with Gasteiger partial charge >= 0.3 is 5.97 Å². The predicted molar refractivity (Wildman–Crippen MR) is 96.7 cm³/mol. The maximum atomic E-state index is 11.1. The van der Waals surface area contributed by atoms with Crippen molar-refractivity contribution in [3.63, 3.8) is 0 Å². The van der Waals surface area contributed by atoms with Gasteiger partial charge in [0.2, 0.25) is 0 Å². The number of hydrogen-bond donors (Lipinski definition) is 1. The monoisotopic (exact) mass is 324 g/mol. The van der Waals surface area contributed by atoms with E-state index < -0.39 is 5.97 Å². The van der Waals surface area contributed by atoms with Crippen LogP contribution >= 0.6 is 0 Å². The first-order chi connectivity index (χ1) is 11.7. The Labute approximate surface area is 143 Å². The third kappa shape index (κ3) is 4.80. The van der Waals surface area contributed by atoms with Gasteiger partial charge in [-0.05, 0) is 34.2 Å². The summed E-state index contributed by atoms with van der Waals surface area (Å²) in [6, 6.07) is 14.6. The van der Waals surface area contributed by atoms with Crippen LogP contribution in [0.5, 0.6) is 0 Å². The van der Waals surface area contributed by atoms with Crippen molar-refractivity contribution >= 4 is 5.97 Å². The summed E-state index contributed by atoms with van der Waals surface area (Å²) in [5, 5.41) is 9.51. The Morgan fingerprint density at radius 3 is 2.42 bits per heavy atom. The Bertz CT molecular complexity index is 687. The van der Waals surface area contributed by atoms with E-state index in [1.54, 1.807) is 0 Å². The van der Waals surface area contributed by atoms with E-state index in [4.69, 9.17) is 4.74 Å². The minimum absolute atomic E-state index is 0.0273. The molecule has 2 aromatic rings. The van der Waals surface area contributed by atoms with Crippen LogP contribution in [-0.4, -0.2) is 17.7 Å². The SMILES string of the molecule is C=CC(=O)OCCc1cc(-c2ccc(CCC)cc2)ccc1CO. The Kier molecular flexibility index (Phi) is 6.76. The number of aliphatic hydroxyl groups excluding tert-OH is 1. The van der Waals surface area contributed by atoms with Crippen LogP contribution in [-0.2, 0) is 29.0 Å². The molecule has 0 bridgehead atoms. The molecule has 0 aromatic heterocycles. The molecule has 0 aliphatic heterocycles. The minimum atomic E-state index is -0.428. The molecular formula is C21H24O3. The van der Waals surface area contributed by atoms with Crippen molar-refractivity contribution in [2.24, 2.45) is 0 Å². The first-order valence-corrected chi connectivity index (χ1v) is 8.29. The summed E-state index contributed by atoms with van der Waals surface area (Å²) < 4.78 is 5.04. The number of aryl methyl sites for hydroxylation is 1. The Morgan fingerprint density at radius 1 is 1.08 bits per heavy atom. The Balaban J connectivity index is 2.17. The average Bonchev–Trinajstić information content (AvgIpc) is 2.62. The third-order valence-corrected chi connectivity index (χ3v) is 3.98. The fraction of sp³-hybridized carbons (Fsp3) is 0.286. The summed E-state index contributed by atoms with van der Waals surface area (Å²) in [5.41, 5.74) is 5.43. The van der Waals surface area contributed by atoms with Gasteiger partial charge in [-0.1, -0.05) is 62.4 Å². The van der Waals surface area contributed by atoms with E-state index >= 15 is 0 Å². The van der Waals surface area contributed by atoms with Gasteiger partial charge < -0.3 is 9.84 Å².